The summed E-state index contributed by atoms with van der Waals surface area (Å²) in [6.07, 6.45) is -0.236. The van der Waals surface area contributed by atoms with Crippen molar-refractivity contribution in [2.24, 2.45) is 0 Å². The van der Waals surface area contributed by atoms with Crippen molar-refractivity contribution in [3.63, 3.8) is 0 Å². The summed E-state index contributed by atoms with van der Waals surface area (Å²) in [6, 6.07) is 9.06. The number of benzene rings is 2. The van der Waals surface area contributed by atoms with Crippen LogP contribution in [0.3, 0.4) is 0 Å². The highest BCUT2D eigenvalue weighted by Crippen LogP contribution is 2.40. The lowest BCUT2D eigenvalue weighted by Crippen LogP contribution is -2.08. The lowest BCUT2D eigenvalue weighted by atomic mass is 10.1. The average molecular weight is 392 g/mol. The second kappa shape index (κ2) is 7.27. The Labute approximate surface area is 147 Å². The van der Waals surface area contributed by atoms with Gasteiger partial charge in [0.25, 0.3) is 0 Å². The van der Waals surface area contributed by atoms with Crippen molar-refractivity contribution in [1.29, 1.82) is 0 Å². The van der Waals surface area contributed by atoms with E-state index >= 15 is 0 Å². The van der Waals surface area contributed by atoms with Crippen LogP contribution in [0.25, 0.3) is 0 Å². The SMILES string of the molecule is O=C(O)Cc1ccccc1Nc1c(Cl)ccc(OS(=O)(=O)O)c1Cl. The highest BCUT2D eigenvalue weighted by Gasteiger charge is 2.17. The van der Waals surface area contributed by atoms with Gasteiger partial charge >= 0.3 is 16.4 Å². The summed E-state index contributed by atoms with van der Waals surface area (Å²) >= 11 is 12.1. The molecule has 0 saturated heterocycles. The average Bonchev–Trinajstić information content (AvgIpc) is 2.46. The topological polar surface area (TPSA) is 113 Å². The maximum absolute atomic E-state index is 10.9. The maximum atomic E-state index is 10.9. The highest BCUT2D eigenvalue weighted by atomic mass is 35.5. The molecule has 0 spiro atoms. The van der Waals surface area contributed by atoms with Gasteiger partial charge in [-0.3, -0.25) is 9.35 Å². The van der Waals surface area contributed by atoms with Crippen molar-refractivity contribution in [2.75, 3.05) is 5.32 Å². The standard InChI is InChI=1S/C14H11Cl2NO6S/c15-9-5-6-11(23-24(20,21)22)13(16)14(9)17-10-4-2-1-3-8(10)7-12(18)19/h1-6,17H,7H2,(H,18,19)(H,20,21,22). The summed E-state index contributed by atoms with van der Waals surface area (Å²) in [6.45, 7) is 0. The number of carboxylic acids is 1. The normalized spacial score (nSPS) is 11.1. The third-order valence-corrected chi connectivity index (χ3v) is 3.95. The Balaban J connectivity index is 2.43. The first kappa shape index (κ1) is 18.3. The summed E-state index contributed by atoms with van der Waals surface area (Å²) < 4.78 is 34.8. The fourth-order valence-electron chi connectivity index (χ4n) is 1.92. The molecule has 128 valence electrons. The molecule has 2 aromatic carbocycles. The van der Waals surface area contributed by atoms with E-state index in [1.165, 1.54) is 12.1 Å². The number of halogens is 2. The molecule has 2 aromatic rings. The number of hydrogen-bond acceptors (Lipinski definition) is 5. The van der Waals surface area contributed by atoms with E-state index in [1.54, 1.807) is 24.3 Å². The van der Waals surface area contributed by atoms with Crippen LogP contribution in [0.1, 0.15) is 5.56 Å². The van der Waals surface area contributed by atoms with E-state index in [-0.39, 0.29) is 27.9 Å². The molecule has 24 heavy (non-hydrogen) atoms. The molecule has 0 unspecified atom stereocenters. The van der Waals surface area contributed by atoms with Crippen molar-refractivity contribution in [1.82, 2.24) is 0 Å². The fraction of sp³-hybridized carbons (Fsp3) is 0.0714. The molecule has 0 fully saturated rings. The zero-order chi connectivity index (χ0) is 17.9. The van der Waals surface area contributed by atoms with Crippen molar-refractivity contribution in [3.05, 3.63) is 52.0 Å². The zero-order valence-corrected chi connectivity index (χ0v) is 14.2. The summed E-state index contributed by atoms with van der Waals surface area (Å²) in [5, 5.41) is 11.8. The monoisotopic (exact) mass is 391 g/mol. The van der Waals surface area contributed by atoms with Gasteiger partial charge in [-0.25, -0.2) is 0 Å². The van der Waals surface area contributed by atoms with Crippen molar-refractivity contribution in [2.45, 2.75) is 6.42 Å². The van der Waals surface area contributed by atoms with E-state index < -0.39 is 16.4 Å². The van der Waals surface area contributed by atoms with E-state index in [9.17, 15) is 13.2 Å². The summed E-state index contributed by atoms with van der Waals surface area (Å²) in [5.41, 5.74) is 1.00. The highest BCUT2D eigenvalue weighted by molar-refractivity contribution is 7.81. The van der Waals surface area contributed by atoms with Crippen LogP contribution >= 0.6 is 23.2 Å². The molecule has 0 amide bonds. The Bertz CT molecular complexity index is 885. The Morgan fingerprint density at radius 2 is 1.83 bits per heavy atom. The maximum Gasteiger partial charge on any atom is 0.446 e. The number of para-hydroxylation sites is 1. The predicted molar refractivity (Wildman–Crippen MR) is 89.7 cm³/mol. The van der Waals surface area contributed by atoms with Crippen LogP contribution in [0, 0.1) is 0 Å². The number of aliphatic carboxylic acids is 1. The number of rotatable bonds is 6. The molecule has 3 N–H and O–H groups in total. The van der Waals surface area contributed by atoms with Crippen LogP contribution in [-0.2, 0) is 21.6 Å². The lowest BCUT2D eigenvalue weighted by molar-refractivity contribution is -0.136. The first-order valence-corrected chi connectivity index (χ1v) is 8.51. The molecule has 0 aliphatic rings. The van der Waals surface area contributed by atoms with Crippen LogP contribution < -0.4 is 9.50 Å². The van der Waals surface area contributed by atoms with Crippen LogP contribution in [0.2, 0.25) is 10.0 Å². The van der Waals surface area contributed by atoms with Crippen molar-refractivity contribution >= 4 is 50.9 Å². The molecular weight excluding hydrogens is 381 g/mol. The van der Waals surface area contributed by atoms with Gasteiger partial charge in [-0.2, -0.15) is 8.42 Å². The van der Waals surface area contributed by atoms with Gasteiger partial charge in [0.15, 0.2) is 5.75 Å². The largest absolute Gasteiger partial charge is 0.481 e. The minimum absolute atomic E-state index is 0.109. The van der Waals surface area contributed by atoms with Gasteiger partial charge in [0, 0.05) is 5.69 Å². The molecule has 0 aliphatic heterocycles. The van der Waals surface area contributed by atoms with Crippen molar-refractivity contribution in [3.8, 4) is 5.75 Å². The second-order valence-corrected chi connectivity index (χ2v) is 6.41. The van der Waals surface area contributed by atoms with Crippen LogP contribution in [0.5, 0.6) is 5.75 Å². The third-order valence-electron chi connectivity index (χ3n) is 2.87. The first-order valence-electron chi connectivity index (χ1n) is 6.39. The summed E-state index contributed by atoms with van der Waals surface area (Å²) in [7, 11) is -4.76. The Kier molecular flexibility index (Phi) is 5.55. The number of carboxylic acid groups (broad SMARTS) is 1. The van der Waals surface area contributed by atoms with Crippen LogP contribution in [0.4, 0.5) is 11.4 Å². The van der Waals surface area contributed by atoms with Gasteiger partial charge in [0.2, 0.25) is 0 Å². The second-order valence-electron chi connectivity index (χ2n) is 4.60. The molecule has 0 aromatic heterocycles. The Morgan fingerprint density at radius 1 is 1.17 bits per heavy atom. The van der Waals surface area contributed by atoms with E-state index in [2.05, 4.69) is 9.50 Å². The van der Waals surface area contributed by atoms with Gasteiger partial charge < -0.3 is 14.6 Å². The van der Waals surface area contributed by atoms with E-state index in [0.29, 0.717) is 11.3 Å². The molecule has 0 bridgehead atoms. The molecule has 0 atom stereocenters. The molecule has 0 saturated carbocycles. The Morgan fingerprint density at radius 3 is 2.46 bits per heavy atom. The van der Waals surface area contributed by atoms with E-state index in [4.69, 9.17) is 32.9 Å². The molecule has 0 aliphatic carbocycles. The van der Waals surface area contributed by atoms with E-state index in [0.717, 1.165) is 0 Å². The first-order chi connectivity index (χ1) is 11.2. The third kappa shape index (κ3) is 4.75. The van der Waals surface area contributed by atoms with E-state index in [1.807, 2.05) is 0 Å². The molecular formula is C14H11Cl2NO6S. The van der Waals surface area contributed by atoms with Crippen LogP contribution in [-0.4, -0.2) is 24.0 Å². The van der Waals surface area contributed by atoms with Gasteiger partial charge in [0.05, 0.1) is 17.1 Å². The van der Waals surface area contributed by atoms with Crippen molar-refractivity contribution < 1.29 is 27.1 Å². The number of nitrogens with one attached hydrogen (secondary N) is 1. The van der Waals surface area contributed by atoms with Gasteiger partial charge in [-0.1, -0.05) is 41.4 Å². The molecule has 0 heterocycles. The minimum Gasteiger partial charge on any atom is -0.481 e. The summed E-state index contributed by atoms with van der Waals surface area (Å²) in [4.78, 5) is 10.9. The van der Waals surface area contributed by atoms with Crippen LogP contribution in [0.15, 0.2) is 36.4 Å². The quantitative estimate of drug-likeness (QED) is 0.645. The molecule has 2 rings (SSSR count). The number of carbonyl (C=O) groups is 1. The minimum atomic E-state index is -4.76. The number of hydrogen-bond donors (Lipinski definition) is 3. The number of anilines is 2. The molecule has 10 heteroatoms. The zero-order valence-electron chi connectivity index (χ0n) is 11.9. The summed E-state index contributed by atoms with van der Waals surface area (Å²) in [5.74, 6) is -1.35. The lowest BCUT2D eigenvalue weighted by Gasteiger charge is -2.15. The Hall–Kier alpha value is -2.00. The smallest absolute Gasteiger partial charge is 0.446 e. The van der Waals surface area contributed by atoms with Gasteiger partial charge in [0.1, 0.15) is 5.02 Å². The molecule has 7 nitrogen and oxygen atoms in total. The predicted octanol–water partition coefficient (Wildman–Crippen LogP) is 3.55. The molecule has 0 radical (unpaired) electrons. The van der Waals surface area contributed by atoms with Gasteiger partial charge in [-0.05, 0) is 23.8 Å². The van der Waals surface area contributed by atoms with Gasteiger partial charge in [-0.15, -0.1) is 0 Å². The fourth-order valence-corrected chi connectivity index (χ4v) is 2.84.